The number of nitrogens with zero attached hydrogens (tertiary/aromatic N) is 1. The van der Waals surface area contributed by atoms with Crippen molar-refractivity contribution in [1.82, 2.24) is 10.2 Å². The Hall–Kier alpha value is -2.62. The standard InChI is InChI=1S/C21H24N2O2/c1-15-8-6-7-11-19(15)16(2)22-21(25)18-12-20(24)23(14-18)13-17-9-4-3-5-10-17/h3-11,16,18H,12-14H2,1-2H3,(H,22,25). The van der Waals surface area contributed by atoms with Crippen LogP contribution >= 0.6 is 0 Å². The van der Waals surface area contributed by atoms with Crippen LogP contribution < -0.4 is 5.32 Å². The van der Waals surface area contributed by atoms with Crippen LogP contribution in [0.25, 0.3) is 0 Å². The normalized spacial score (nSPS) is 18.2. The molecule has 2 aromatic carbocycles. The summed E-state index contributed by atoms with van der Waals surface area (Å²) in [6.45, 7) is 5.08. The van der Waals surface area contributed by atoms with E-state index in [1.807, 2.05) is 68.4 Å². The molecule has 1 fully saturated rings. The zero-order valence-corrected chi connectivity index (χ0v) is 14.7. The Kier molecular flexibility index (Phi) is 5.17. The number of carbonyl (C=O) groups excluding carboxylic acids is 2. The van der Waals surface area contributed by atoms with Gasteiger partial charge in [0.15, 0.2) is 0 Å². The van der Waals surface area contributed by atoms with Gasteiger partial charge in [-0.3, -0.25) is 9.59 Å². The number of likely N-dealkylation sites (tertiary alicyclic amines) is 1. The van der Waals surface area contributed by atoms with Gasteiger partial charge in [0, 0.05) is 19.5 Å². The third kappa shape index (κ3) is 4.08. The average molecular weight is 336 g/mol. The number of benzene rings is 2. The molecule has 130 valence electrons. The van der Waals surface area contributed by atoms with E-state index in [2.05, 4.69) is 5.32 Å². The van der Waals surface area contributed by atoms with Crippen molar-refractivity contribution in [2.45, 2.75) is 32.9 Å². The summed E-state index contributed by atoms with van der Waals surface area (Å²) in [6, 6.07) is 17.9. The first-order valence-corrected chi connectivity index (χ1v) is 8.72. The van der Waals surface area contributed by atoms with Gasteiger partial charge in [-0.25, -0.2) is 0 Å². The first kappa shape index (κ1) is 17.2. The molecular formula is C21H24N2O2. The van der Waals surface area contributed by atoms with Gasteiger partial charge in [0.2, 0.25) is 11.8 Å². The van der Waals surface area contributed by atoms with E-state index in [0.29, 0.717) is 19.5 Å². The van der Waals surface area contributed by atoms with Crippen molar-refractivity contribution >= 4 is 11.8 Å². The lowest BCUT2D eigenvalue weighted by Crippen LogP contribution is -2.34. The van der Waals surface area contributed by atoms with Crippen LogP contribution in [0.4, 0.5) is 0 Å². The Morgan fingerprint density at radius 1 is 1.16 bits per heavy atom. The molecule has 0 saturated carbocycles. The lowest BCUT2D eigenvalue weighted by atomic mass is 10.0. The summed E-state index contributed by atoms with van der Waals surface area (Å²) < 4.78 is 0. The van der Waals surface area contributed by atoms with Gasteiger partial charge in [-0.05, 0) is 30.5 Å². The molecule has 2 aromatic rings. The summed E-state index contributed by atoms with van der Waals surface area (Å²) in [5, 5.41) is 3.07. The lowest BCUT2D eigenvalue weighted by Gasteiger charge is -2.20. The molecule has 2 atom stereocenters. The summed E-state index contributed by atoms with van der Waals surface area (Å²) >= 11 is 0. The molecule has 0 spiro atoms. The van der Waals surface area contributed by atoms with Gasteiger partial charge in [-0.2, -0.15) is 0 Å². The van der Waals surface area contributed by atoms with E-state index in [4.69, 9.17) is 0 Å². The third-order valence-corrected chi connectivity index (χ3v) is 4.82. The second-order valence-corrected chi connectivity index (χ2v) is 6.75. The molecule has 1 aliphatic heterocycles. The molecule has 4 heteroatoms. The highest BCUT2D eigenvalue weighted by atomic mass is 16.2. The maximum atomic E-state index is 12.6. The Labute approximate surface area is 148 Å². The first-order chi connectivity index (χ1) is 12.0. The summed E-state index contributed by atoms with van der Waals surface area (Å²) in [7, 11) is 0. The molecule has 25 heavy (non-hydrogen) atoms. The van der Waals surface area contributed by atoms with E-state index in [1.54, 1.807) is 4.90 Å². The minimum atomic E-state index is -0.275. The predicted octanol–water partition coefficient (Wildman–Crippen LogP) is 3.22. The quantitative estimate of drug-likeness (QED) is 0.911. The number of hydrogen-bond acceptors (Lipinski definition) is 2. The van der Waals surface area contributed by atoms with Gasteiger partial charge in [0.05, 0.1) is 12.0 Å². The predicted molar refractivity (Wildman–Crippen MR) is 97.7 cm³/mol. The fourth-order valence-electron chi connectivity index (χ4n) is 3.39. The molecular weight excluding hydrogens is 312 g/mol. The second kappa shape index (κ2) is 7.51. The summed E-state index contributed by atoms with van der Waals surface area (Å²) in [4.78, 5) is 26.6. The third-order valence-electron chi connectivity index (χ3n) is 4.82. The SMILES string of the molecule is Cc1ccccc1C(C)NC(=O)C1CC(=O)N(Cc2ccccc2)C1. The fraction of sp³-hybridized carbons (Fsp3) is 0.333. The van der Waals surface area contributed by atoms with Crippen molar-refractivity contribution in [3.63, 3.8) is 0 Å². The molecule has 0 bridgehead atoms. The molecule has 2 unspecified atom stereocenters. The van der Waals surface area contributed by atoms with Crippen LogP contribution in [0.3, 0.4) is 0 Å². The highest BCUT2D eigenvalue weighted by Gasteiger charge is 2.34. The van der Waals surface area contributed by atoms with Crippen LogP contribution in [-0.4, -0.2) is 23.3 Å². The number of nitrogens with one attached hydrogen (secondary N) is 1. The fourth-order valence-corrected chi connectivity index (χ4v) is 3.39. The van der Waals surface area contributed by atoms with E-state index in [0.717, 1.165) is 16.7 Å². The number of hydrogen-bond donors (Lipinski definition) is 1. The van der Waals surface area contributed by atoms with E-state index in [-0.39, 0.29) is 23.8 Å². The number of carbonyl (C=O) groups is 2. The maximum Gasteiger partial charge on any atom is 0.225 e. The van der Waals surface area contributed by atoms with E-state index in [9.17, 15) is 9.59 Å². The van der Waals surface area contributed by atoms with Crippen LogP contribution in [0.15, 0.2) is 54.6 Å². The molecule has 1 saturated heterocycles. The van der Waals surface area contributed by atoms with Gasteiger partial charge in [-0.1, -0.05) is 54.6 Å². The monoisotopic (exact) mass is 336 g/mol. The molecule has 1 heterocycles. The van der Waals surface area contributed by atoms with Crippen molar-refractivity contribution in [3.05, 3.63) is 71.3 Å². The van der Waals surface area contributed by atoms with Gasteiger partial charge in [-0.15, -0.1) is 0 Å². The molecule has 3 rings (SSSR count). The smallest absolute Gasteiger partial charge is 0.225 e. The highest BCUT2D eigenvalue weighted by molar-refractivity contribution is 5.89. The Bertz CT molecular complexity index is 758. The van der Waals surface area contributed by atoms with Gasteiger partial charge >= 0.3 is 0 Å². The highest BCUT2D eigenvalue weighted by Crippen LogP contribution is 2.22. The Morgan fingerprint density at radius 2 is 1.84 bits per heavy atom. The summed E-state index contributed by atoms with van der Waals surface area (Å²) in [6.07, 6.45) is 0.291. The van der Waals surface area contributed by atoms with E-state index < -0.39 is 0 Å². The maximum absolute atomic E-state index is 12.6. The minimum Gasteiger partial charge on any atom is -0.349 e. The number of aryl methyl sites for hydroxylation is 1. The van der Waals surface area contributed by atoms with Crippen molar-refractivity contribution < 1.29 is 9.59 Å². The zero-order chi connectivity index (χ0) is 17.8. The Morgan fingerprint density at radius 3 is 2.56 bits per heavy atom. The van der Waals surface area contributed by atoms with Crippen molar-refractivity contribution in [2.24, 2.45) is 5.92 Å². The van der Waals surface area contributed by atoms with Crippen molar-refractivity contribution in [3.8, 4) is 0 Å². The van der Waals surface area contributed by atoms with Crippen LogP contribution in [0.5, 0.6) is 0 Å². The van der Waals surface area contributed by atoms with Gasteiger partial charge < -0.3 is 10.2 Å². The van der Waals surface area contributed by atoms with E-state index in [1.165, 1.54) is 0 Å². The largest absolute Gasteiger partial charge is 0.349 e. The van der Waals surface area contributed by atoms with Crippen LogP contribution in [0.2, 0.25) is 0 Å². The van der Waals surface area contributed by atoms with Crippen LogP contribution in [0.1, 0.15) is 36.1 Å². The van der Waals surface area contributed by atoms with Crippen LogP contribution in [-0.2, 0) is 16.1 Å². The summed E-state index contributed by atoms with van der Waals surface area (Å²) in [5.41, 5.74) is 3.36. The Balaban J connectivity index is 1.60. The first-order valence-electron chi connectivity index (χ1n) is 8.72. The minimum absolute atomic E-state index is 0.0420. The zero-order valence-electron chi connectivity index (χ0n) is 14.7. The van der Waals surface area contributed by atoms with Crippen molar-refractivity contribution in [1.29, 1.82) is 0 Å². The molecule has 1 N–H and O–H groups in total. The molecule has 1 aliphatic rings. The van der Waals surface area contributed by atoms with Crippen LogP contribution in [0, 0.1) is 12.8 Å². The molecule has 0 aromatic heterocycles. The summed E-state index contributed by atoms with van der Waals surface area (Å²) in [5.74, 6) is -0.269. The van der Waals surface area contributed by atoms with Crippen molar-refractivity contribution in [2.75, 3.05) is 6.54 Å². The van der Waals surface area contributed by atoms with Gasteiger partial charge in [0.1, 0.15) is 0 Å². The molecule has 2 amide bonds. The van der Waals surface area contributed by atoms with Gasteiger partial charge in [0.25, 0.3) is 0 Å². The lowest BCUT2D eigenvalue weighted by molar-refractivity contribution is -0.129. The number of amides is 2. The topological polar surface area (TPSA) is 49.4 Å². The second-order valence-electron chi connectivity index (χ2n) is 6.75. The molecule has 4 nitrogen and oxygen atoms in total. The molecule has 0 radical (unpaired) electrons. The molecule has 0 aliphatic carbocycles. The number of rotatable bonds is 5. The average Bonchev–Trinajstić information content (AvgIpc) is 2.97. The van der Waals surface area contributed by atoms with E-state index >= 15 is 0 Å².